The number of carbonyl (C=O) groups excluding carboxylic acids is 1. The number of rotatable bonds is 5. The number of thioether (sulfide) groups is 1. The number of fused-ring (bicyclic) bond motifs is 1. The summed E-state index contributed by atoms with van der Waals surface area (Å²) in [6.45, 7) is 6.00. The highest BCUT2D eigenvalue weighted by molar-refractivity contribution is 8.00. The smallest absolute Gasteiger partial charge is 0.237 e. The van der Waals surface area contributed by atoms with Crippen molar-refractivity contribution in [2.45, 2.75) is 69.6 Å². The van der Waals surface area contributed by atoms with Crippen LogP contribution in [0.4, 0.5) is 5.69 Å². The standard InChI is InChI=1S/C23H27N3OS/c1-4-21(22(27)25-20-12-15(2)10-11-16(20)3)28-23-18(14-24)13-17-8-6-5-7-9-19(17)26-23/h10-13,21H,4-9H2,1-3H3,(H,25,27). The summed E-state index contributed by atoms with van der Waals surface area (Å²) >= 11 is 1.41. The first-order chi connectivity index (χ1) is 13.5. The van der Waals surface area contributed by atoms with Crippen LogP contribution in [0, 0.1) is 25.2 Å². The number of carbonyl (C=O) groups is 1. The Kier molecular flexibility index (Phi) is 6.74. The predicted octanol–water partition coefficient (Wildman–Crippen LogP) is 5.35. The molecule has 0 saturated heterocycles. The molecule has 0 spiro atoms. The zero-order valence-electron chi connectivity index (χ0n) is 16.8. The van der Waals surface area contributed by atoms with E-state index in [1.807, 2.05) is 45.0 Å². The lowest BCUT2D eigenvalue weighted by Crippen LogP contribution is -2.25. The summed E-state index contributed by atoms with van der Waals surface area (Å²) in [5.41, 5.74) is 5.89. The van der Waals surface area contributed by atoms with Gasteiger partial charge in [-0.3, -0.25) is 4.79 Å². The maximum atomic E-state index is 12.9. The number of nitriles is 1. The van der Waals surface area contributed by atoms with Crippen molar-refractivity contribution in [2.24, 2.45) is 0 Å². The van der Waals surface area contributed by atoms with Crippen molar-refractivity contribution in [1.82, 2.24) is 4.98 Å². The van der Waals surface area contributed by atoms with E-state index in [1.54, 1.807) is 0 Å². The van der Waals surface area contributed by atoms with Gasteiger partial charge in [0.2, 0.25) is 5.91 Å². The maximum Gasteiger partial charge on any atom is 0.237 e. The van der Waals surface area contributed by atoms with Crippen LogP contribution in [0.1, 0.15) is 60.6 Å². The Hall–Kier alpha value is -2.32. The van der Waals surface area contributed by atoms with E-state index in [4.69, 9.17) is 4.98 Å². The number of nitrogens with one attached hydrogen (secondary N) is 1. The Morgan fingerprint density at radius 1 is 1.25 bits per heavy atom. The molecule has 2 aromatic rings. The van der Waals surface area contributed by atoms with Crippen LogP contribution < -0.4 is 5.32 Å². The van der Waals surface area contributed by atoms with Crippen LogP contribution in [-0.4, -0.2) is 16.1 Å². The molecule has 1 aromatic carbocycles. The Morgan fingerprint density at radius 2 is 2.04 bits per heavy atom. The first-order valence-electron chi connectivity index (χ1n) is 9.99. The first-order valence-corrected chi connectivity index (χ1v) is 10.9. The first kappa shape index (κ1) is 20.4. The Balaban J connectivity index is 1.82. The lowest BCUT2D eigenvalue weighted by molar-refractivity contribution is -0.115. The number of pyridine rings is 1. The lowest BCUT2D eigenvalue weighted by Gasteiger charge is -2.17. The van der Waals surface area contributed by atoms with Gasteiger partial charge in [-0.1, -0.05) is 37.2 Å². The third kappa shape index (κ3) is 4.74. The number of amides is 1. The summed E-state index contributed by atoms with van der Waals surface area (Å²) < 4.78 is 0. The zero-order chi connectivity index (χ0) is 20.1. The molecule has 146 valence electrons. The second-order valence-corrected chi connectivity index (χ2v) is 8.63. The molecular weight excluding hydrogens is 366 g/mol. The second kappa shape index (κ2) is 9.25. The van der Waals surface area contributed by atoms with Crippen molar-refractivity contribution in [1.29, 1.82) is 5.26 Å². The quantitative estimate of drug-likeness (QED) is 0.549. The van der Waals surface area contributed by atoms with Crippen molar-refractivity contribution in [2.75, 3.05) is 5.32 Å². The molecule has 1 aliphatic rings. The van der Waals surface area contributed by atoms with Crippen molar-refractivity contribution in [3.8, 4) is 6.07 Å². The van der Waals surface area contributed by atoms with Gasteiger partial charge in [-0.05, 0) is 74.8 Å². The van der Waals surface area contributed by atoms with Gasteiger partial charge >= 0.3 is 0 Å². The fourth-order valence-electron chi connectivity index (χ4n) is 3.50. The number of hydrogen-bond donors (Lipinski definition) is 1. The van der Waals surface area contributed by atoms with Crippen LogP contribution >= 0.6 is 11.8 Å². The molecule has 4 nitrogen and oxygen atoms in total. The van der Waals surface area contributed by atoms with Crippen LogP contribution in [0.5, 0.6) is 0 Å². The van der Waals surface area contributed by atoms with Gasteiger partial charge < -0.3 is 5.32 Å². The summed E-state index contributed by atoms with van der Waals surface area (Å²) in [7, 11) is 0. The Bertz CT molecular complexity index is 917. The summed E-state index contributed by atoms with van der Waals surface area (Å²) in [4.78, 5) is 17.7. The molecule has 0 bridgehead atoms. The van der Waals surface area contributed by atoms with Gasteiger partial charge in [-0.25, -0.2) is 4.98 Å². The summed E-state index contributed by atoms with van der Waals surface area (Å²) in [5.74, 6) is -0.0400. The van der Waals surface area contributed by atoms with E-state index in [2.05, 4.69) is 11.4 Å². The molecule has 1 aromatic heterocycles. The predicted molar refractivity (Wildman–Crippen MR) is 115 cm³/mol. The van der Waals surface area contributed by atoms with Crippen LogP contribution in [0.25, 0.3) is 0 Å². The number of nitrogens with zero attached hydrogens (tertiary/aromatic N) is 2. The highest BCUT2D eigenvalue weighted by Gasteiger charge is 2.23. The van der Waals surface area contributed by atoms with E-state index < -0.39 is 0 Å². The molecule has 1 aliphatic carbocycles. The van der Waals surface area contributed by atoms with Gasteiger partial charge in [0.1, 0.15) is 11.1 Å². The highest BCUT2D eigenvalue weighted by Crippen LogP contribution is 2.31. The van der Waals surface area contributed by atoms with E-state index in [-0.39, 0.29) is 11.2 Å². The van der Waals surface area contributed by atoms with E-state index in [9.17, 15) is 10.1 Å². The topological polar surface area (TPSA) is 65.8 Å². The summed E-state index contributed by atoms with van der Waals surface area (Å²) in [6, 6.07) is 10.3. The monoisotopic (exact) mass is 393 g/mol. The average Bonchev–Trinajstić information content (AvgIpc) is 2.92. The SMILES string of the molecule is CCC(Sc1nc2c(cc1C#N)CCCCC2)C(=O)Nc1cc(C)ccc1C. The molecule has 0 saturated carbocycles. The minimum absolute atomic E-state index is 0.0400. The fraction of sp³-hybridized carbons (Fsp3) is 0.435. The molecule has 0 radical (unpaired) electrons. The van der Waals surface area contributed by atoms with Gasteiger partial charge in [0, 0.05) is 11.4 Å². The molecular formula is C23H27N3OS. The van der Waals surface area contributed by atoms with Gasteiger partial charge in [-0.15, -0.1) is 0 Å². The maximum absolute atomic E-state index is 12.9. The third-order valence-electron chi connectivity index (χ3n) is 5.20. The van der Waals surface area contributed by atoms with Gasteiger partial charge in [0.15, 0.2) is 0 Å². The molecule has 0 aliphatic heterocycles. The summed E-state index contributed by atoms with van der Waals surface area (Å²) in [5, 5.41) is 13.1. The van der Waals surface area contributed by atoms with Crippen LogP contribution in [0.3, 0.4) is 0 Å². The molecule has 5 heteroatoms. The number of hydrogen-bond acceptors (Lipinski definition) is 4. The molecule has 28 heavy (non-hydrogen) atoms. The highest BCUT2D eigenvalue weighted by atomic mass is 32.2. The molecule has 0 fully saturated rings. The minimum atomic E-state index is -0.289. The molecule has 1 heterocycles. The third-order valence-corrected chi connectivity index (χ3v) is 6.57. The number of anilines is 1. The lowest BCUT2D eigenvalue weighted by atomic mass is 10.1. The Morgan fingerprint density at radius 3 is 2.79 bits per heavy atom. The van der Waals surface area contributed by atoms with Crippen LogP contribution in [0.2, 0.25) is 0 Å². The second-order valence-electron chi connectivity index (χ2n) is 7.44. The molecule has 3 rings (SSSR count). The van der Waals surface area contributed by atoms with Crippen molar-refractivity contribution < 1.29 is 4.79 Å². The fourth-order valence-corrected chi connectivity index (χ4v) is 4.50. The van der Waals surface area contributed by atoms with E-state index >= 15 is 0 Å². The minimum Gasteiger partial charge on any atom is -0.325 e. The normalized spacial score (nSPS) is 14.5. The van der Waals surface area contributed by atoms with Gasteiger partial charge in [-0.2, -0.15) is 5.26 Å². The number of benzene rings is 1. The van der Waals surface area contributed by atoms with Crippen LogP contribution in [-0.2, 0) is 17.6 Å². The zero-order valence-corrected chi connectivity index (χ0v) is 17.7. The molecule has 1 atom stereocenters. The summed E-state index contributed by atoms with van der Waals surface area (Å²) in [6.07, 6.45) is 6.12. The molecule has 1 N–H and O–H groups in total. The van der Waals surface area contributed by atoms with Gasteiger partial charge in [0.05, 0.1) is 10.8 Å². The van der Waals surface area contributed by atoms with Crippen molar-refractivity contribution in [3.63, 3.8) is 0 Å². The largest absolute Gasteiger partial charge is 0.325 e. The average molecular weight is 394 g/mol. The Labute approximate surface area is 171 Å². The van der Waals surface area contributed by atoms with E-state index in [0.717, 1.165) is 48.2 Å². The van der Waals surface area contributed by atoms with Crippen LogP contribution in [0.15, 0.2) is 29.3 Å². The van der Waals surface area contributed by atoms with E-state index in [1.165, 1.54) is 23.7 Å². The number of aryl methyl sites for hydroxylation is 4. The van der Waals surface area contributed by atoms with Crippen molar-refractivity contribution >= 4 is 23.4 Å². The van der Waals surface area contributed by atoms with E-state index in [0.29, 0.717) is 17.0 Å². The molecule has 1 unspecified atom stereocenters. The van der Waals surface area contributed by atoms with Crippen molar-refractivity contribution in [3.05, 3.63) is 52.2 Å². The number of aromatic nitrogens is 1. The molecule has 1 amide bonds. The van der Waals surface area contributed by atoms with Gasteiger partial charge in [0.25, 0.3) is 0 Å².